The fourth-order valence-electron chi connectivity index (χ4n) is 1.80. The van der Waals surface area contributed by atoms with Crippen molar-refractivity contribution in [3.8, 4) is 11.5 Å². The van der Waals surface area contributed by atoms with Crippen molar-refractivity contribution in [3.63, 3.8) is 0 Å². The first-order valence-corrected chi connectivity index (χ1v) is 5.92. The fraction of sp³-hybridized carbons (Fsp3) is 0.429. The monoisotopic (exact) mass is 235 g/mol. The van der Waals surface area contributed by atoms with Crippen molar-refractivity contribution in [3.05, 3.63) is 35.9 Å². The van der Waals surface area contributed by atoms with Gasteiger partial charge in [0.15, 0.2) is 11.5 Å². The SMILES string of the molecule is C=CCc1cc(CC(C)N)cc(OCC)c1O. The molecule has 3 N–H and O–H groups in total. The van der Waals surface area contributed by atoms with Crippen molar-refractivity contribution in [1.82, 2.24) is 0 Å². The van der Waals surface area contributed by atoms with E-state index in [4.69, 9.17) is 10.5 Å². The molecular weight excluding hydrogens is 214 g/mol. The van der Waals surface area contributed by atoms with Crippen LogP contribution >= 0.6 is 0 Å². The average molecular weight is 235 g/mol. The summed E-state index contributed by atoms with van der Waals surface area (Å²) in [5.74, 6) is 0.739. The molecule has 1 atom stereocenters. The number of nitrogens with two attached hydrogens (primary N) is 1. The van der Waals surface area contributed by atoms with Crippen molar-refractivity contribution in [2.75, 3.05) is 6.61 Å². The van der Waals surface area contributed by atoms with E-state index < -0.39 is 0 Å². The number of allylic oxidation sites excluding steroid dienone is 1. The summed E-state index contributed by atoms with van der Waals surface area (Å²) in [4.78, 5) is 0. The summed E-state index contributed by atoms with van der Waals surface area (Å²) in [5, 5.41) is 10.0. The Balaban J connectivity index is 3.10. The Morgan fingerprint density at radius 3 is 2.76 bits per heavy atom. The Morgan fingerprint density at radius 1 is 1.53 bits per heavy atom. The van der Waals surface area contributed by atoms with Crippen molar-refractivity contribution in [1.29, 1.82) is 0 Å². The molecule has 1 aromatic rings. The molecule has 0 aliphatic heterocycles. The van der Waals surface area contributed by atoms with E-state index in [0.717, 1.165) is 17.5 Å². The molecule has 1 rings (SSSR count). The number of benzene rings is 1. The van der Waals surface area contributed by atoms with Crippen molar-refractivity contribution < 1.29 is 9.84 Å². The van der Waals surface area contributed by atoms with E-state index in [1.165, 1.54) is 0 Å². The van der Waals surface area contributed by atoms with E-state index in [-0.39, 0.29) is 11.8 Å². The van der Waals surface area contributed by atoms with Crippen LogP contribution in [0.2, 0.25) is 0 Å². The van der Waals surface area contributed by atoms with E-state index in [1.807, 2.05) is 26.0 Å². The zero-order valence-electron chi connectivity index (χ0n) is 10.6. The average Bonchev–Trinajstić information content (AvgIpc) is 2.24. The molecule has 17 heavy (non-hydrogen) atoms. The first-order valence-electron chi connectivity index (χ1n) is 5.92. The third-order valence-electron chi connectivity index (χ3n) is 2.44. The van der Waals surface area contributed by atoms with E-state index in [9.17, 15) is 5.11 Å². The Kier molecular flexibility index (Phi) is 5.04. The number of hydrogen-bond donors (Lipinski definition) is 2. The second kappa shape index (κ2) is 6.30. The topological polar surface area (TPSA) is 55.5 Å². The van der Waals surface area contributed by atoms with Gasteiger partial charge in [-0.2, -0.15) is 0 Å². The lowest BCUT2D eigenvalue weighted by Crippen LogP contribution is -2.17. The molecule has 0 saturated carbocycles. The van der Waals surface area contributed by atoms with Gasteiger partial charge in [-0.05, 0) is 38.3 Å². The van der Waals surface area contributed by atoms with Crippen LogP contribution in [0, 0.1) is 0 Å². The zero-order valence-corrected chi connectivity index (χ0v) is 10.6. The van der Waals surface area contributed by atoms with Gasteiger partial charge in [0.1, 0.15) is 0 Å². The predicted octanol–water partition coefficient (Wildman–Crippen LogP) is 2.41. The van der Waals surface area contributed by atoms with Gasteiger partial charge in [0.2, 0.25) is 0 Å². The van der Waals surface area contributed by atoms with E-state index >= 15 is 0 Å². The quantitative estimate of drug-likeness (QED) is 0.744. The Bertz CT molecular complexity index is 386. The standard InChI is InChI=1S/C14H21NO2/c1-4-6-12-8-11(7-10(3)15)9-13(14(12)16)17-5-2/h4,8-10,16H,1,5-7,15H2,2-3H3. The van der Waals surface area contributed by atoms with Gasteiger partial charge in [-0.1, -0.05) is 12.1 Å². The molecule has 0 fully saturated rings. The maximum Gasteiger partial charge on any atom is 0.161 e. The highest BCUT2D eigenvalue weighted by Crippen LogP contribution is 2.32. The highest BCUT2D eigenvalue weighted by atomic mass is 16.5. The van der Waals surface area contributed by atoms with Crippen LogP contribution in [0.15, 0.2) is 24.8 Å². The predicted molar refractivity (Wildman–Crippen MR) is 70.5 cm³/mol. The van der Waals surface area contributed by atoms with Crippen molar-refractivity contribution in [2.24, 2.45) is 5.73 Å². The molecule has 0 saturated heterocycles. The lowest BCUT2D eigenvalue weighted by molar-refractivity contribution is 0.316. The third kappa shape index (κ3) is 3.79. The lowest BCUT2D eigenvalue weighted by atomic mass is 10.0. The summed E-state index contributed by atoms with van der Waals surface area (Å²) >= 11 is 0. The van der Waals surface area contributed by atoms with Crippen LogP contribution in [0.5, 0.6) is 11.5 Å². The van der Waals surface area contributed by atoms with Crippen LogP contribution in [-0.2, 0) is 12.8 Å². The first kappa shape index (κ1) is 13.6. The number of phenolic OH excluding ortho intramolecular Hbond substituents is 1. The summed E-state index contributed by atoms with van der Waals surface area (Å²) in [6, 6.07) is 3.91. The summed E-state index contributed by atoms with van der Waals surface area (Å²) in [6.07, 6.45) is 3.16. The molecule has 0 bridgehead atoms. The smallest absolute Gasteiger partial charge is 0.161 e. The second-order valence-corrected chi connectivity index (χ2v) is 4.21. The van der Waals surface area contributed by atoms with Gasteiger partial charge in [-0.3, -0.25) is 0 Å². The molecule has 0 amide bonds. The zero-order chi connectivity index (χ0) is 12.8. The largest absolute Gasteiger partial charge is 0.504 e. The Labute approximate surface area is 103 Å². The number of rotatable bonds is 6. The molecule has 3 heteroatoms. The van der Waals surface area contributed by atoms with Gasteiger partial charge < -0.3 is 15.6 Å². The van der Waals surface area contributed by atoms with Gasteiger partial charge in [-0.25, -0.2) is 0 Å². The minimum atomic E-state index is 0.0885. The number of aromatic hydroxyl groups is 1. The minimum absolute atomic E-state index is 0.0885. The molecular formula is C14H21NO2. The van der Waals surface area contributed by atoms with E-state index in [2.05, 4.69) is 6.58 Å². The normalized spacial score (nSPS) is 12.2. The fourth-order valence-corrected chi connectivity index (χ4v) is 1.80. The number of phenols is 1. The van der Waals surface area contributed by atoms with Gasteiger partial charge in [0.25, 0.3) is 0 Å². The van der Waals surface area contributed by atoms with E-state index in [1.54, 1.807) is 6.08 Å². The van der Waals surface area contributed by atoms with Gasteiger partial charge in [0, 0.05) is 11.6 Å². The molecule has 0 aromatic heterocycles. The summed E-state index contributed by atoms with van der Waals surface area (Å²) in [7, 11) is 0. The molecule has 0 heterocycles. The van der Waals surface area contributed by atoms with Crippen molar-refractivity contribution >= 4 is 0 Å². The first-order chi connectivity index (χ1) is 8.08. The third-order valence-corrected chi connectivity index (χ3v) is 2.44. The van der Waals surface area contributed by atoms with Gasteiger partial charge in [0.05, 0.1) is 6.61 Å². The number of ether oxygens (including phenoxy) is 1. The lowest BCUT2D eigenvalue weighted by Gasteiger charge is -2.13. The molecule has 94 valence electrons. The molecule has 1 aromatic carbocycles. The maximum absolute atomic E-state index is 10.0. The Hall–Kier alpha value is -1.48. The van der Waals surface area contributed by atoms with Crippen LogP contribution < -0.4 is 10.5 Å². The molecule has 0 spiro atoms. The molecule has 0 radical (unpaired) electrons. The molecule has 0 aliphatic rings. The van der Waals surface area contributed by atoms with Gasteiger partial charge >= 0.3 is 0 Å². The van der Waals surface area contributed by atoms with E-state index in [0.29, 0.717) is 18.8 Å². The summed E-state index contributed by atoms with van der Waals surface area (Å²) < 4.78 is 5.42. The molecule has 1 unspecified atom stereocenters. The summed E-state index contributed by atoms with van der Waals surface area (Å²) in [5.41, 5.74) is 7.70. The van der Waals surface area contributed by atoms with Crippen LogP contribution in [0.4, 0.5) is 0 Å². The van der Waals surface area contributed by atoms with Crippen LogP contribution in [0.25, 0.3) is 0 Å². The van der Waals surface area contributed by atoms with Gasteiger partial charge in [-0.15, -0.1) is 6.58 Å². The molecule has 0 aliphatic carbocycles. The minimum Gasteiger partial charge on any atom is -0.504 e. The summed E-state index contributed by atoms with van der Waals surface area (Å²) in [6.45, 7) is 8.07. The van der Waals surface area contributed by atoms with Crippen molar-refractivity contribution in [2.45, 2.75) is 32.7 Å². The van der Waals surface area contributed by atoms with Crippen LogP contribution in [0.3, 0.4) is 0 Å². The number of hydrogen-bond acceptors (Lipinski definition) is 3. The highest BCUT2D eigenvalue weighted by molar-refractivity contribution is 5.49. The highest BCUT2D eigenvalue weighted by Gasteiger charge is 2.11. The van der Waals surface area contributed by atoms with Crippen LogP contribution in [-0.4, -0.2) is 17.8 Å². The maximum atomic E-state index is 10.0. The Morgan fingerprint density at radius 2 is 2.24 bits per heavy atom. The molecule has 3 nitrogen and oxygen atoms in total. The second-order valence-electron chi connectivity index (χ2n) is 4.21. The van der Waals surface area contributed by atoms with Crippen LogP contribution in [0.1, 0.15) is 25.0 Å².